The van der Waals surface area contributed by atoms with Crippen LogP contribution in [0.2, 0.25) is 0 Å². The first-order chi connectivity index (χ1) is 8.49. The molecule has 1 saturated heterocycles. The minimum Gasteiger partial charge on any atom is -0.396 e. The molecule has 1 atom stereocenters. The molecule has 0 bridgehead atoms. The van der Waals surface area contributed by atoms with Crippen molar-refractivity contribution in [3.05, 3.63) is 28.0 Å². The molecule has 0 aromatic heterocycles. The molecule has 18 heavy (non-hydrogen) atoms. The lowest BCUT2D eigenvalue weighted by molar-refractivity contribution is 0.0762. The molecule has 2 rings (SSSR count). The second-order valence-corrected chi connectivity index (χ2v) is 6.69. The first-order valence-corrected chi connectivity index (χ1v) is 7.48. The van der Waals surface area contributed by atoms with Crippen molar-refractivity contribution in [3.63, 3.8) is 0 Å². The largest absolute Gasteiger partial charge is 0.396 e. The van der Waals surface area contributed by atoms with Crippen molar-refractivity contribution < 1.29 is 9.18 Å². The summed E-state index contributed by atoms with van der Waals surface area (Å²) < 4.78 is 13.7. The van der Waals surface area contributed by atoms with Gasteiger partial charge in [-0.2, -0.15) is 11.8 Å². The zero-order valence-electron chi connectivity index (χ0n) is 9.95. The number of carbonyl (C=O) groups excluding carboxylic acids is 1. The van der Waals surface area contributed by atoms with Gasteiger partial charge in [-0.3, -0.25) is 4.79 Å². The van der Waals surface area contributed by atoms with E-state index in [0.717, 1.165) is 12.3 Å². The van der Waals surface area contributed by atoms with E-state index in [1.807, 2.05) is 11.8 Å². The van der Waals surface area contributed by atoms with Crippen LogP contribution in [0.25, 0.3) is 0 Å². The third-order valence-electron chi connectivity index (χ3n) is 2.85. The molecule has 1 aromatic rings. The summed E-state index contributed by atoms with van der Waals surface area (Å²) >= 11 is 5.07. The third kappa shape index (κ3) is 2.80. The van der Waals surface area contributed by atoms with E-state index < -0.39 is 5.82 Å². The van der Waals surface area contributed by atoms with Gasteiger partial charge in [-0.25, -0.2) is 4.39 Å². The molecule has 1 unspecified atom stereocenters. The maximum absolute atomic E-state index is 13.2. The number of nitrogen functional groups attached to an aromatic ring is 1. The van der Waals surface area contributed by atoms with Crippen molar-refractivity contribution in [2.24, 2.45) is 0 Å². The molecule has 1 heterocycles. The number of anilines is 1. The van der Waals surface area contributed by atoms with Crippen LogP contribution in [0, 0.1) is 5.82 Å². The number of hydrogen-bond acceptors (Lipinski definition) is 3. The fraction of sp³-hybridized carbons (Fsp3) is 0.417. The van der Waals surface area contributed by atoms with Gasteiger partial charge in [0, 0.05) is 28.6 Å². The van der Waals surface area contributed by atoms with Gasteiger partial charge < -0.3 is 10.6 Å². The van der Waals surface area contributed by atoms with Crippen LogP contribution in [-0.2, 0) is 0 Å². The molecule has 1 aliphatic heterocycles. The molecule has 1 aromatic carbocycles. The number of amides is 1. The predicted octanol–water partition coefficient (Wildman–Crippen LogP) is 2.75. The molecule has 3 nitrogen and oxygen atoms in total. The van der Waals surface area contributed by atoms with E-state index >= 15 is 0 Å². The van der Waals surface area contributed by atoms with Crippen LogP contribution in [0.1, 0.15) is 17.3 Å². The van der Waals surface area contributed by atoms with Crippen LogP contribution >= 0.6 is 27.7 Å². The summed E-state index contributed by atoms with van der Waals surface area (Å²) in [6.45, 7) is 3.53. The van der Waals surface area contributed by atoms with E-state index in [9.17, 15) is 9.18 Å². The highest BCUT2D eigenvalue weighted by Gasteiger charge is 2.24. The Morgan fingerprint density at radius 1 is 1.61 bits per heavy atom. The quantitative estimate of drug-likeness (QED) is 0.804. The lowest BCUT2D eigenvalue weighted by atomic mass is 10.1. The Labute approximate surface area is 118 Å². The third-order valence-corrected chi connectivity index (χ3v) is 4.64. The Morgan fingerprint density at radius 3 is 3.00 bits per heavy atom. The second kappa shape index (κ2) is 5.48. The molecule has 1 amide bonds. The van der Waals surface area contributed by atoms with Crippen molar-refractivity contribution in [3.8, 4) is 0 Å². The molecular formula is C12H14BrFN2OS. The van der Waals surface area contributed by atoms with Gasteiger partial charge in [0.15, 0.2) is 0 Å². The molecule has 0 aliphatic carbocycles. The Kier molecular flexibility index (Phi) is 4.17. The Morgan fingerprint density at radius 2 is 2.33 bits per heavy atom. The van der Waals surface area contributed by atoms with E-state index in [1.54, 1.807) is 4.90 Å². The average molecular weight is 333 g/mol. The van der Waals surface area contributed by atoms with E-state index in [1.165, 1.54) is 12.1 Å². The number of benzene rings is 1. The van der Waals surface area contributed by atoms with E-state index in [-0.39, 0.29) is 11.6 Å². The summed E-state index contributed by atoms with van der Waals surface area (Å²) in [6.07, 6.45) is 0. The monoisotopic (exact) mass is 332 g/mol. The van der Waals surface area contributed by atoms with Crippen LogP contribution in [-0.4, -0.2) is 34.9 Å². The van der Waals surface area contributed by atoms with E-state index in [0.29, 0.717) is 21.8 Å². The number of thioether (sulfide) groups is 1. The first-order valence-electron chi connectivity index (χ1n) is 5.64. The van der Waals surface area contributed by atoms with Crippen LogP contribution in [0.3, 0.4) is 0 Å². The van der Waals surface area contributed by atoms with Crippen LogP contribution in [0.5, 0.6) is 0 Å². The van der Waals surface area contributed by atoms with Crippen molar-refractivity contribution in [1.82, 2.24) is 4.90 Å². The highest BCUT2D eigenvalue weighted by atomic mass is 79.9. The van der Waals surface area contributed by atoms with Gasteiger partial charge in [0.05, 0.1) is 11.3 Å². The fourth-order valence-corrected chi connectivity index (χ4v) is 3.40. The van der Waals surface area contributed by atoms with Gasteiger partial charge in [0.25, 0.3) is 5.91 Å². The van der Waals surface area contributed by atoms with Crippen molar-refractivity contribution >= 4 is 39.3 Å². The summed E-state index contributed by atoms with van der Waals surface area (Å²) in [7, 11) is 0. The number of rotatable bonds is 1. The summed E-state index contributed by atoms with van der Waals surface area (Å²) in [5.41, 5.74) is 5.94. The highest BCUT2D eigenvalue weighted by molar-refractivity contribution is 9.10. The number of halogens is 2. The lowest BCUT2D eigenvalue weighted by Crippen LogP contribution is -2.41. The first kappa shape index (κ1) is 13.7. The molecule has 1 fully saturated rings. The van der Waals surface area contributed by atoms with Gasteiger partial charge in [-0.05, 0) is 28.1 Å². The van der Waals surface area contributed by atoms with Crippen molar-refractivity contribution in [2.45, 2.75) is 12.2 Å². The van der Waals surface area contributed by atoms with Gasteiger partial charge >= 0.3 is 0 Å². The van der Waals surface area contributed by atoms with Gasteiger partial charge in [0.2, 0.25) is 0 Å². The summed E-state index contributed by atoms with van der Waals surface area (Å²) in [5, 5.41) is 0.430. The molecule has 1 aliphatic rings. The van der Waals surface area contributed by atoms with E-state index in [2.05, 4.69) is 22.9 Å². The second-order valence-electron chi connectivity index (χ2n) is 4.29. The average Bonchev–Trinajstić information content (AvgIpc) is 2.33. The number of nitrogens with two attached hydrogens (primary N) is 1. The van der Waals surface area contributed by atoms with Crippen LogP contribution in [0.15, 0.2) is 16.6 Å². The van der Waals surface area contributed by atoms with Gasteiger partial charge in [0.1, 0.15) is 5.82 Å². The van der Waals surface area contributed by atoms with Crippen LogP contribution in [0.4, 0.5) is 10.1 Å². The molecule has 98 valence electrons. The fourth-order valence-electron chi connectivity index (χ4n) is 1.90. The summed E-state index contributed by atoms with van der Waals surface area (Å²) in [5.74, 6) is 0.322. The van der Waals surface area contributed by atoms with E-state index in [4.69, 9.17) is 5.73 Å². The number of nitrogens with zero attached hydrogens (tertiary/aromatic N) is 1. The Bertz CT molecular complexity index is 483. The Hall–Kier alpha value is -0.750. The normalized spacial score (nSPS) is 19.9. The molecule has 2 N–H and O–H groups in total. The summed E-state index contributed by atoms with van der Waals surface area (Å²) in [4.78, 5) is 14.1. The smallest absolute Gasteiger partial charge is 0.255 e. The standard InChI is InChI=1S/C12H14BrFN2OS/c1-7-6-16(2-3-18-7)12(17)8-4-11(15)10(14)5-9(8)13/h4-5,7H,2-3,6,15H2,1H3. The molecule has 0 saturated carbocycles. The van der Waals surface area contributed by atoms with Crippen LogP contribution < -0.4 is 5.73 Å². The minimum absolute atomic E-state index is 0.000910. The zero-order chi connectivity index (χ0) is 13.3. The highest BCUT2D eigenvalue weighted by Crippen LogP contribution is 2.26. The minimum atomic E-state index is -0.513. The van der Waals surface area contributed by atoms with Crippen molar-refractivity contribution in [1.29, 1.82) is 0 Å². The number of carbonyl (C=O) groups is 1. The maximum atomic E-state index is 13.2. The van der Waals surface area contributed by atoms with Crippen molar-refractivity contribution in [2.75, 3.05) is 24.6 Å². The molecule has 0 spiro atoms. The van der Waals surface area contributed by atoms with Gasteiger partial charge in [-0.1, -0.05) is 6.92 Å². The lowest BCUT2D eigenvalue weighted by Gasteiger charge is -2.31. The predicted molar refractivity (Wildman–Crippen MR) is 76.3 cm³/mol. The SMILES string of the molecule is CC1CN(C(=O)c2cc(N)c(F)cc2Br)CCS1. The molecule has 0 radical (unpaired) electrons. The topological polar surface area (TPSA) is 46.3 Å². The molecular weight excluding hydrogens is 319 g/mol. The number of hydrogen-bond donors (Lipinski definition) is 1. The maximum Gasteiger partial charge on any atom is 0.255 e. The summed E-state index contributed by atoms with van der Waals surface area (Å²) in [6, 6.07) is 2.64. The molecule has 6 heteroatoms. The van der Waals surface area contributed by atoms with Gasteiger partial charge in [-0.15, -0.1) is 0 Å². The Balaban J connectivity index is 2.25. The zero-order valence-corrected chi connectivity index (χ0v) is 12.4.